The van der Waals surface area contributed by atoms with E-state index in [4.69, 9.17) is 0 Å². The van der Waals surface area contributed by atoms with Crippen LogP contribution < -0.4 is 5.32 Å². The van der Waals surface area contributed by atoms with E-state index in [1.807, 2.05) is 0 Å². The average Bonchev–Trinajstić information content (AvgIpc) is 2.32. The molecule has 1 saturated carbocycles. The van der Waals surface area contributed by atoms with Crippen molar-refractivity contribution in [2.24, 2.45) is 11.8 Å². The minimum absolute atomic E-state index is 0.242. The number of nitrogens with one attached hydrogen (secondary N) is 1. The molecule has 1 aliphatic carbocycles. The fourth-order valence-corrected chi connectivity index (χ4v) is 3.16. The minimum Gasteiger partial charge on any atom is -0.382 e. The van der Waals surface area contributed by atoms with Crippen molar-refractivity contribution in [1.29, 1.82) is 0 Å². The fraction of sp³-hybridized carbons (Fsp3) is 0.667. The van der Waals surface area contributed by atoms with Crippen LogP contribution >= 0.6 is 0 Å². The smallest absolute Gasteiger partial charge is 0.0342 e. The van der Waals surface area contributed by atoms with Gasteiger partial charge in [0.25, 0.3) is 0 Å². The lowest BCUT2D eigenvalue weighted by Crippen LogP contribution is -2.33. The van der Waals surface area contributed by atoms with Gasteiger partial charge in [-0.1, -0.05) is 46.8 Å². The lowest BCUT2D eigenvalue weighted by atomic mass is 9.80. The van der Waals surface area contributed by atoms with Crippen molar-refractivity contribution in [3.63, 3.8) is 0 Å². The minimum atomic E-state index is 0.242. The highest BCUT2D eigenvalue weighted by molar-refractivity contribution is 5.46. The molecule has 3 unspecified atom stereocenters. The maximum absolute atomic E-state index is 3.73. The van der Waals surface area contributed by atoms with Crippen LogP contribution in [-0.4, -0.2) is 6.04 Å². The highest BCUT2D eigenvalue weighted by atomic mass is 14.9. The summed E-state index contributed by atoms with van der Waals surface area (Å²) in [6, 6.07) is 9.66. The van der Waals surface area contributed by atoms with Crippen molar-refractivity contribution in [3.8, 4) is 0 Å². The Morgan fingerprint density at radius 3 is 2.16 bits per heavy atom. The quantitative estimate of drug-likeness (QED) is 0.767. The van der Waals surface area contributed by atoms with E-state index in [1.54, 1.807) is 0 Å². The lowest BCUT2D eigenvalue weighted by Gasteiger charge is -2.34. The Hall–Kier alpha value is -0.980. The molecule has 0 radical (unpaired) electrons. The first kappa shape index (κ1) is 14.4. The summed E-state index contributed by atoms with van der Waals surface area (Å²) in [5.41, 5.74) is 2.93. The van der Waals surface area contributed by atoms with Crippen molar-refractivity contribution < 1.29 is 0 Å². The van der Waals surface area contributed by atoms with Crippen LogP contribution in [0.3, 0.4) is 0 Å². The predicted octanol–water partition coefficient (Wildman–Crippen LogP) is 5.22. The molecule has 1 nitrogen and oxygen atoms in total. The molecule has 1 aliphatic rings. The lowest BCUT2D eigenvalue weighted by molar-refractivity contribution is 0.276. The Morgan fingerprint density at radius 2 is 1.63 bits per heavy atom. The Bertz CT molecular complexity index is 399. The largest absolute Gasteiger partial charge is 0.382 e. The number of anilines is 1. The molecule has 1 fully saturated rings. The van der Waals surface area contributed by atoms with Gasteiger partial charge in [-0.2, -0.15) is 0 Å². The van der Waals surface area contributed by atoms with Gasteiger partial charge in [0, 0.05) is 11.7 Å². The second-order valence-corrected chi connectivity index (χ2v) is 7.47. The van der Waals surface area contributed by atoms with Crippen LogP contribution in [0.1, 0.15) is 59.4 Å². The molecule has 2 rings (SSSR count). The fourth-order valence-electron chi connectivity index (χ4n) is 3.16. The Kier molecular flexibility index (Phi) is 4.23. The highest BCUT2D eigenvalue weighted by Crippen LogP contribution is 2.31. The first-order valence-corrected chi connectivity index (χ1v) is 7.73. The number of benzene rings is 1. The van der Waals surface area contributed by atoms with Crippen molar-refractivity contribution in [2.45, 2.75) is 65.3 Å². The first-order valence-electron chi connectivity index (χ1n) is 7.73. The Labute approximate surface area is 118 Å². The summed E-state index contributed by atoms with van der Waals surface area (Å²) in [6.07, 6.45) is 4.03. The first-order chi connectivity index (χ1) is 8.86. The highest BCUT2D eigenvalue weighted by Gasteiger charge is 2.25. The number of hydrogen-bond acceptors (Lipinski definition) is 1. The van der Waals surface area contributed by atoms with Crippen molar-refractivity contribution in [2.75, 3.05) is 5.32 Å². The maximum atomic E-state index is 3.73. The van der Waals surface area contributed by atoms with Crippen LogP contribution in [0.25, 0.3) is 0 Å². The molecule has 0 bridgehead atoms. The van der Waals surface area contributed by atoms with Crippen LogP contribution in [0, 0.1) is 11.8 Å². The monoisotopic (exact) mass is 259 g/mol. The number of rotatable bonds is 2. The molecule has 0 heterocycles. The van der Waals surface area contributed by atoms with E-state index in [0.717, 1.165) is 11.8 Å². The summed E-state index contributed by atoms with van der Waals surface area (Å²) in [4.78, 5) is 0. The standard InChI is InChI=1S/C18H29N/c1-13-6-11-17(14(2)12-13)19-16-9-7-15(8-10-16)18(3,4)5/h7-10,13-14,17,19H,6,11-12H2,1-5H3. The summed E-state index contributed by atoms with van der Waals surface area (Å²) in [7, 11) is 0. The Balaban J connectivity index is 2.00. The predicted molar refractivity (Wildman–Crippen MR) is 84.7 cm³/mol. The van der Waals surface area contributed by atoms with E-state index in [0.29, 0.717) is 6.04 Å². The van der Waals surface area contributed by atoms with Crippen LogP contribution in [-0.2, 0) is 5.41 Å². The van der Waals surface area contributed by atoms with Gasteiger partial charge in [0.15, 0.2) is 0 Å². The maximum Gasteiger partial charge on any atom is 0.0342 e. The second-order valence-electron chi connectivity index (χ2n) is 7.47. The molecule has 106 valence electrons. The van der Waals surface area contributed by atoms with E-state index < -0.39 is 0 Å². The Morgan fingerprint density at radius 1 is 1.00 bits per heavy atom. The normalized spacial score (nSPS) is 28.2. The summed E-state index contributed by atoms with van der Waals surface area (Å²) < 4.78 is 0. The molecule has 1 N–H and O–H groups in total. The zero-order valence-corrected chi connectivity index (χ0v) is 13.2. The summed E-state index contributed by atoms with van der Waals surface area (Å²) >= 11 is 0. The van der Waals surface area contributed by atoms with E-state index in [-0.39, 0.29) is 5.41 Å². The van der Waals surface area contributed by atoms with Gasteiger partial charge in [-0.25, -0.2) is 0 Å². The molecule has 0 saturated heterocycles. The molecule has 3 atom stereocenters. The van der Waals surface area contributed by atoms with Crippen LogP contribution in [0.5, 0.6) is 0 Å². The molecule has 1 aromatic carbocycles. The molecule has 19 heavy (non-hydrogen) atoms. The molecule has 0 aromatic heterocycles. The van der Waals surface area contributed by atoms with Gasteiger partial charge in [0.1, 0.15) is 0 Å². The SMILES string of the molecule is CC1CCC(Nc2ccc(C(C)(C)C)cc2)C(C)C1. The van der Waals surface area contributed by atoms with Crippen LogP contribution in [0.4, 0.5) is 5.69 Å². The summed E-state index contributed by atoms with van der Waals surface area (Å²) in [5.74, 6) is 1.68. The average molecular weight is 259 g/mol. The van der Waals surface area contributed by atoms with Gasteiger partial charge < -0.3 is 5.32 Å². The topological polar surface area (TPSA) is 12.0 Å². The van der Waals surface area contributed by atoms with Gasteiger partial charge in [-0.15, -0.1) is 0 Å². The summed E-state index contributed by atoms with van der Waals surface area (Å²) in [5, 5.41) is 3.73. The van der Waals surface area contributed by atoms with Crippen molar-refractivity contribution >= 4 is 5.69 Å². The third-order valence-corrected chi connectivity index (χ3v) is 4.53. The molecular formula is C18H29N. The van der Waals surface area contributed by atoms with Crippen molar-refractivity contribution in [3.05, 3.63) is 29.8 Å². The zero-order valence-electron chi connectivity index (χ0n) is 13.2. The van der Waals surface area contributed by atoms with Gasteiger partial charge >= 0.3 is 0 Å². The van der Waals surface area contributed by atoms with Gasteiger partial charge in [0.05, 0.1) is 0 Å². The van der Waals surface area contributed by atoms with E-state index in [9.17, 15) is 0 Å². The van der Waals surface area contributed by atoms with Crippen molar-refractivity contribution in [1.82, 2.24) is 0 Å². The molecule has 0 spiro atoms. The van der Waals surface area contributed by atoms with Crippen LogP contribution in [0.15, 0.2) is 24.3 Å². The molecule has 0 amide bonds. The molecule has 1 aromatic rings. The van der Waals surface area contributed by atoms with E-state index in [2.05, 4.69) is 64.2 Å². The second kappa shape index (κ2) is 5.56. The third-order valence-electron chi connectivity index (χ3n) is 4.53. The number of hydrogen-bond donors (Lipinski definition) is 1. The third kappa shape index (κ3) is 3.75. The van der Waals surface area contributed by atoms with E-state index in [1.165, 1.54) is 30.5 Å². The summed E-state index contributed by atoms with van der Waals surface area (Å²) in [6.45, 7) is 11.6. The van der Waals surface area contributed by atoms with Gasteiger partial charge in [0.2, 0.25) is 0 Å². The van der Waals surface area contributed by atoms with Gasteiger partial charge in [-0.05, 0) is 54.2 Å². The van der Waals surface area contributed by atoms with E-state index >= 15 is 0 Å². The zero-order chi connectivity index (χ0) is 14.0. The van der Waals surface area contributed by atoms with Gasteiger partial charge in [-0.3, -0.25) is 0 Å². The molecule has 0 aliphatic heterocycles. The molecular weight excluding hydrogens is 230 g/mol. The van der Waals surface area contributed by atoms with Crippen LogP contribution in [0.2, 0.25) is 0 Å². The molecule has 1 heteroatoms.